The third-order valence-electron chi connectivity index (χ3n) is 4.18. The van der Waals surface area contributed by atoms with E-state index in [2.05, 4.69) is 10.3 Å². The average molecular weight is 358 g/mol. The lowest BCUT2D eigenvalue weighted by molar-refractivity contribution is 0.102. The molecule has 5 nitrogen and oxygen atoms in total. The fraction of sp³-hybridized carbons (Fsp3) is 0.0909. The van der Waals surface area contributed by atoms with E-state index >= 15 is 0 Å². The Balaban J connectivity index is 1.66. The van der Waals surface area contributed by atoms with E-state index in [-0.39, 0.29) is 5.91 Å². The van der Waals surface area contributed by atoms with E-state index in [1.807, 2.05) is 44.2 Å². The van der Waals surface area contributed by atoms with Crippen molar-refractivity contribution in [3.63, 3.8) is 0 Å². The number of carbonyl (C=O) groups excluding carboxylic acids is 1. The lowest BCUT2D eigenvalue weighted by Crippen LogP contribution is -2.13. The van der Waals surface area contributed by atoms with Crippen molar-refractivity contribution in [2.24, 2.45) is 0 Å². The molecule has 0 aliphatic carbocycles. The van der Waals surface area contributed by atoms with Gasteiger partial charge in [0.2, 0.25) is 0 Å². The lowest BCUT2D eigenvalue weighted by Gasteiger charge is -2.10. The van der Waals surface area contributed by atoms with Gasteiger partial charge in [0.05, 0.1) is 6.26 Å². The summed E-state index contributed by atoms with van der Waals surface area (Å²) in [6.07, 6.45) is 3.29. The Morgan fingerprint density at radius 1 is 1.00 bits per heavy atom. The van der Waals surface area contributed by atoms with Gasteiger partial charge in [0.15, 0.2) is 11.3 Å². The van der Waals surface area contributed by atoms with E-state index in [9.17, 15) is 4.79 Å². The van der Waals surface area contributed by atoms with E-state index in [0.717, 1.165) is 16.5 Å². The van der Waals surface area contributed by atoms with Crippen LogP contribution < -0.4 is 10.1 Å². The molecular formula is C22H18N2O3. The van der Waals surface area contributed by atoms with Gasteiger partial charge in [-0.25, -0.2) is 4.98 Å². The highest BCUT2D eigenvalue weighted by atomic mass is 16.5. The van der Waals surface area contributed by atoms with Crippen molar-refractivity contribution in [2.75, 3.05) is 5.32 Å². The zero-order valence-corrected chi connectivity index (χ0v) is 15.0. The maximum absolute atomic E-state index is 12.7. The molecule has 0 bridgehead atoms. The molecule has 134 valence electrons. The first-order chi connectivity index (χ1) is 13.1. The van der Waals surface area contributed by atoms with Gasteiger partial charge in [-0.1, -0.05) is 23.8 Å². The van der Waals surface area contributed by atoms with Gasteiger partial charge in [0.1, 0.15) is 11.6 Å². The number of furan rings is 1. The number of nitrogens with one attached hydrogen (secondary N) is 1. The molecule has 5 heteroatoms. The summed E-state index contributed by atoms with van der Waals surface area (Å²) in [7, 11) is 0. The quantitative estimate of drug-likeness (QED) is 0.524. The number of nitrogens with zero attached hydrogens (tertiary/aromatic N) is 1. The highest BCUT2D eigenvalue weighted by Gasteiger charge is 2.15. The Morgan fingerprint density at radius 2 is 1.78 bits per heavy atom. The van der Waals surface area contributed by atoms with Crippen LogP contribution in [-0.4, -0.2) is 10.9 Å². The van der Waals surface area contributed by atoms with Gasteiger partial charge in [-0.2, -0.15) is 0 Å². The number of hydrogen-bond acceptors (Lipinski definition) is 4. The molecule has 0 fully saturated rings. The van der Waals surface area contributed by atoms with Gasteiger partial charge in [-0.15, -0.1) is 0 Å². The molecule has 1 amide bonds. The third kappa shape index (κ3) is 3.67. The number of fused-ring (bicyclic) bond motifs is 1. The van der Waals surface area contributed by atoms with E-state index < -0.39 is 0 Å². The molecule has 2 heterocycles. The second-order valence-electron chi connectivity index (χ2n) is 6.40. The number of ether oxygens (including phenoxy) is 1. The van der Waals surface area contributed by atoms with Crippen LogP contribution in [0.15, 0.2) is 71.5 Å². The summed E-state index contributed by atoms with van der Waals surface area (Å²) in [4.78, 5) is 16.9. The van der Waals surface area contributed by atoms with Crippen molar-refractivity contribution in [2.45, 2.75) is 13.8 Å². The van der Waals surface area contributed by atoms with Gasteiger partial charge < -0.3 is 14.5 Å². The second kappa shape index (κ2) is 6.96. The molecule has 27 heavy (non-hydrogen) atoms. The van der Waals surface area contributed by atoms with Gasteiger partial charge in [-0.05, 0) is 55.8 Å². The summed E-state index contributed by atoms with van der Waals surface area (Å²) < 4.78 is 11.5. The first kappa shape index (κ1) is 16.8. The van der Waals surface area contributed by atoms with Crippen molar-refractivity contribution in [1.82, 2.24) is 4.98 Å². The van der Waals surface area contributed by atoms with Crippen LogP contribution in [0.1, 0.15) is 21.5 Å². The molecule has 4 aromatic rings. The van der Waals surface area contributed by atoms with Crippen LogP contribution in [0.5, 0.6) is 11.5 Å². The highest BCUT2D eigenvalue weighted by Crippen LogP contribution is 2.32. The Hall–Kier alpha value is -3.60. The molecule has 2 aromatic heterocycles. The molecule has 0 radical (unpaired) electrons. The Kier molecular flexibility index (Phi) is 4.34. The number of rotatable bonds is 4. The Bertz CT molecular complexity index is 1100. The predicted octanol–water partition coefficient (Wildman–Crippen LogP) is 5.49. The lowest BCUT2D eigenvalue weighted by atomic mass is 10.1. The summed E-state index contributed by atoms with van der Waals surface area (Å²) in [5.74, 6) is 1.40. The fourth-order valence-corrected chi connectivity index (χ4v) is 2.72. The molecule has 4 rings (SSSR count). The minimum absolute atomic E-state index is 0.261. The summed E-state index contributed by atoms with van der Waals surface area (Å²) in [6.45, 7) is 3.96. The predicted molar refractivity (Wildman–Crippen MR) is 104 cm³/mol. The third-order valence-corrected chi connectivity index (χ3v) is 4.18. The number of amides is 1. The SMILES string of the molecule is Cc1ccc(Oc2cc(C(=O)Nc3ccc(C)cn3)cc3ccoc23)cc1. The van der Waals surface area contributed by atoms with E-state index in [4.69, 9.17) is 9.15 Å². The zero-order valence-electron chi connectivity index (χ0n) is 15.0. The second-order valence-corrected chi connectivity index (χ2v) is 6.40. The van der Waals surface area contributed by atoms with Gasteiger partial charge >= 0.3 is 0 Å². The summed E-state index contributed by atoms with van der Waals surface area (Å²) in [6, 6.07) is 16.6. The van der Waals surface area contributed by atoms with Crippen LogP contribution in [0, 0.1) is 13.8 Å². The molecule has 1 N–H and O–H groups in total. The standard InChI is InChI=1S/C22H18N2O3/c1-14-3-6-18(7-4-14)27-19-12-17(11-16-9-10-26-21(16)19)22(25)24-20-8-5-15(2)13-23-20/h3-13H,1-2H3,(H,23,24,25). The maximum atomic E-state index is 12.7. The monoisotopic (exact) mass is 358 g/mol. The van der Waals surface area contributed by atoms with Gasteiger partial charge in [0, 0.05) is 17.1 Å². The molecule has 0 aliphatic rings. The fourth-order valence-electron chi connectivity index (χ4n) is 2.72. The van der Waals surface area contributed by atoms with Crippen molar-refractivity contribution in [1.29, 1.82) is 0 Å². The Morgan fingerprint density at radius 3 is 2.52 bits per heavy atom. The van der Waals surface area contributed by atoms with Crippen LogP contribution in [0.2, 0.25) is 0 Å². The molecule has 0 saturated heterocycles. The van der Waals surface area contributed by atoms with Crippen LogP contribution in [0.3, 0.4) is 0 Å². The molecular weight excluding hydrogens is 340 g/mol. The summed E-state index contributed by atoms with van der Waals surface area (Å²) in [5.41, 5.74) is 3.24. The average Bonchev–Trinajstić information content (AvgIpc) is 3.14. The van der Waals surface area contributed by atoms with Crippen molar-refractivity contribution < 1.29 is 13.9 Å². The van der Waals surface area contributed by atoms with Crippen LogP contribution in [0.4, 0.5) is 5.82 Å². The van der Waals surface area contributed by atoms with E-state index in [1.165, 1.54) is 0 Å². The number of anilines is 1. The molecule has 0 atom stereocenters. The van der Waals surface area contributed by atoms with Crippen molar-refractivity contribution >= 4 is 22.7 Å². The maximum Gasteiger partial charge on any atom is 0.256 e. The van der Waals surface area contributed by atoms with Crippen LogP contribution in [0.25, 0.3) is 11.0 Å². The van der Waals surface area contributed by atoms with Gasteiger partial charge in [-0.3, -0.25) is 4.79 Å². The van der Waals surface area contributed by atoms with Crippen molar-refractivity contribution in [3.8, 4) is 11.5 Å². The number of benzene rings is 2. The zero-order chi connectivity index (χ0) is 18.8. The number of aromatic nitrogens is 1. The number of pyridine rings is 1. The van der Waals surface area contributed by atoms with E-state index in [0.29, 0.717) is 28.5 Å². The minimum atomic E-state index is -0.261. The molecule has 0 saturated carbocycles. The topological polar surface area (TPSA) is 64.4 Å². The summed E-state index contributed by atoms with van der Waals surface area (Å²) in [5, 5.41) is 3.60. The smallest absolute Gasteiger partial charge is 0.256 e. The van der Waals surface area contributed by atoms with Crippen molar-refractivity contribution in [3.05, 3.63) is 83.7 Å². The largest absolute Gasteiger partial charge is 0.460 e. The molecule has 0 spiro atoms. The highest BCUT2D eigenvalue weighted by molar-refractivity contribution is 6.06. The number of carbonyl (C=O) groups is 1. The van der Waals surface area contributed by atoms with Crippen LogP contribution in [-0.2, 0) is 0 Å². The first-order valence-corrected chi connectivity index (χ1v) is 8.58. The first-order valence-electron chi connectivity index (χ1n) is 8.58. The van der Waals surface area contributed by atoms with Gasteiger partial charge in [0.25, 0.3) is 5.91 Å². The number of hydrogen-bond donors (Lipinski definition) is 1. The molecule has 0 unspecified atom stereocenters. The van der Waals surface area contributed by atoms with Crippen LogP contribution >= 0.6 is 0 Å². The summed E-state index contributed by atoms with van der Waals surface area (Å²) >= 11 is 0. The Labute approximate surface area is 156 Å². The molecule has 0 aliphatic heterocycles. The number of aryl methyl sites for hydroxylation is 2. The minimum Gasteiger partial charge on any atom is -0.460 e. The normalized spacial score (nSPS) is 10.7. The van der Waals surface area contributed by atoms with E-state index in [1.54, 1.807) is 36.7 Å². The molecule has 2 aromatic carbocycles.